The molecule has 0 bridgehead atoms. The number of aliphatic hydroxyl groups excluding tert-OH is 1. The third-order valence-corrected chi connectivity index (χ3v) is 3.55. The second-order valence-corrected chi connectivity index (χ2v) is 5.05. The van der Waals surface area contributed by atoms with Gasteiger partial charge in [0.05, 0.1) is 7.11 Å². The number of pyridine rings is 1. The van der Waals surface area contributed by atoms with Gasteiger partial charge in [0.25, 0.3) is 0 Å². The molecule has 23 heavy (non-hydrogen) atoms. The second-order valence-electron chi connectivity index (χ2n) is 5.05. The number of rotatable bonds is 5. The topological polar surface area (TPSA) is 51.6 Å². The number of halogens is 1. The monoisotopic (exact) mass is 313 g/mol. The Hall–Kier alpha value is -2.66. The quantitative estimate of drug-likeness (QED) is 0.783. The molecule has 0 amide bonds. The molecule has 0 aliphatic rings. The van der Waals surface area contributed by atoms with E-state index in [1.54, 1.807) is 18.3 Å². The van der Waals surface area contributed by atoms with Crippen LogP contribution < -0.4 is 9.47 Å². The van der Waals surface area contributed by atoms with Crippen molar-refractivity contribution in [2.24, 2.45) is 0 Å². The number of para-hydroxylation sites is 1. The van der Waals surface area contributed by atoms with Crippen LogP contribution in [-0.2, 0) is 0 Å². The van der Waals surface area contributed by atoms with Gasteiger partial charge in [0.15, 0.2) is 11.6 Å². The maximum absolute atomic E-state index is 13.7. The van der Waals surface area contributed by atoms with E-state index in [2.05, 4.69) is 4.98 Å². The van der Waals surface area contributed by atoms with E-state index >= 15 is 0 Å². The highest BCUT2D eigenvalue weighted by molar-refractivity contribution is 5.84. The first-order valence-corrected chi connectivity index (χ1v) is 7.17. The zero-order chi connectivity index (χ0) is 16.2. The average Bonchev–Trinajstić information content (AvgIpc) is 2.59. The molecule has 4 nitrogen and oxygen atoms in total. The summed E-state index contributed by atoms with van der Waals surface area (Å²) in [6.07, 6.45) is 0.735. The molecule has 0 radical (unpaired) electrons. The number of hydrogen-bond donors (Lipinski definition) is 1. The fourth-order valence-electron chi connectivity index (χ4n) is 2.35. The van der Waals surface area contributed by atoms with Gasteiger partial charge in [0.2, 0.25) is 0 Å². The van der Waals surface area contributed by atoms with E-state index < -0.39 is 11.9 Å². The van der Waals surface area contributed by atoms with E-state index in [1.165, 1.54) is 19.2 Å². The summed E-state index contributed by atoms with van der Waals surface area (Å²) in [5, 5.41) is 11.1. The van der Waals surface area contributed by atoms with Gasteiger partial charge in [-0.15, -0.1) is 0 Å². The predicted octanol–water partition coefficient (Wildman–Crippen LogP) is 3.49. The maximum atomic E-state index is 13.7. The smallest absolute Gasteiger partial charge is 0.165 e. The molecule has 0 fully saturated rings. The zero-order valence-corrected chi connectivity index (χ0v) is 12.6. The molecule has 0 aliphatic carbocycles. The van der Waals surface area contributed by atoms with Crippen molar-refractivity contribution in [3.05, 3.63) is 66.1 Å². The normalized spacial score (nSPS) is 12.1. The Morgan fingerprint density at radius 2 is 1.96 bits per heavy atom. The first-order valence-electron chi connectivity index (χ1n) is 7.17. The number of aliphatic hydroxyl groups is 1. The lowest BCUT2D eigenvalue weighted by Gasteiger charge is -2.14. The van der Waals surface area contributed by atoms with Crippen molar-refractivity contribution < 1.29 is 19.0 Å². The lowest BCUT2D eigenvalue weighted by molar-refractivity contribution is 0.108. The van der Waals surface area contributed by atoms with Crippen LogP contribution >= 0.6 is 0 Å². The minimum Gasteiger partial charge on any atom is -0.494 e. The average molecular weight is 313 g/mol. The van der Waals surface area contributed by atoms with Gasteiger partial charge >= 0.3 is 0 Å². The first kappa shape index (κ1) is 15.2. The number of nitrogens with zero attached hydrogens (tertiary/aromatic N) is 1. The van der Waals surface area contributed by atoms with Gasteiger partial charge in [-0.2, -0.15) is 0 Å². The Labute approximate surface area is 133 Å². The van der Waals surface area contributed by atoms with Gasteiger partial charge in [0.1, 0.15) is 24.0 Å². The fraction of sp³-hybridized carbons (Fsp3) is 0.167. The third kappa shape index (κ3) is 3.24. The van der Waals surface area contributed by atoms with E-state index in [-0.39, 0.29) is 12.4 Å². The minimum absolute atomic E-state index is 0.00144. The first-order chi connectivity index (χ1) is 11.2. The molecule has 1 unspecified atom stereocenters. The molecular weight excluding hydrogens is 297 g/mol. The zero-order valence-electron chi connectivity index (χ0n) is 12.6. The van der Waals surface area contributed by atoms with Crippen molar-refractivity contribution >= 4 is 10.9 Å². The molecule has 1 heterocycles. The number of benzene rings is 2. The number of hydrogen-bond acceptors (Lipinski definition) is 4. The Balaban J connectivity index is 1.75. The van der Waals surface area contributed by atoms with E-state index in [1.807, 2.05) is 24.3 Å². The lowest BCUT2D eigenvalue weighted by atomic mass is 10.1. The summed E-state index contributed by atoms with van der Waals surface area (Å²) in [7, 11) is 1.39. The van der Waals surface area contributed by atoms with Gasteiger partial charge < -0.3 is 14.6 Å². The number of fused-ring (bicyclic) bond motifs is 1. The van der Waals surface area contributed by atoms with E-state index in [9.17, 15) is 9.50 Å². The van der Waals surface area contributed by atoms with Crippen LogP contribution in [0.25, 0.3) is 10.9 Å². The second kappa shape index (κ2) is 6.62. The Morgan fingerprint density at radius 1 is 1.13 bits per heavy atom. The van der Waals surface area contributed by atoms with Gasteiger partial charge in [-0.05, 0) is 29.8 Å². The summed E-state index contributed by atoms with van der Waals surface area (Å²) in [4.78, 5) is 4.29. The maximum Gasteiger partial charge on any atom is 0.165 e. The van der Waals surface area contributed by atoms with Gasteiger partial charge in [0, 0.05) is 11.6 Å². The van der Waals surface area contributed by atoms with Crippen LogP contribution in [0.1, 0.15) is 11.7 Å². The molecule has 0 saturated heterocycles. The summed E-state index contributed by atoms with van der Waals surface area (Å²) in [5.41, 5.74) is 1.15. The van der Waals surface area contributed by atoms with Crippen molar-refractivity contribution in [3.8, 4) is 11.5 Å². The predicted molar refractivity (Wildman–Crippen MR) is 85.1 cm³/mol. The SMILES string of the molecule is COc1ccc(C(O)COc2cccc3cccnc23)cc1F. The Kier molecular flexibility index (Phi) is 4.39. The molecule has 2 aromatic carbocycles. The highest BCUT2D eigenvalue weighted by atomic mass is 19.1. The Bertz CT molecular complexity index is 817. The van der Waals surface area contributed by atoms with E-state index in [0.717, 1.165) is 10.9 Å². The van der Waals surface area contributed by atoms with Crippen molar-refractivity contribution in [1.29, 1.82) is 0 Å². The van der Waals surface area contributed by atoms with Gasteiger partial charge in [-0.1, -0.05) is 24.3 Å². The van der Waals surface area contributed by atoms with Crippen molar-refractivity contribution in [2.45, 2.75) is 6.10 Å². The van der Waals surface area contributed by atoms with Crippen LogP contribution in [0, 0.1) is 5.82 Å². The van der Waals surface area contributed by atoms with E-state index in [0.29, 0.717) is 11.3 Å². The minimum atomic E-state index is -0.950. The standard InChI is InChI=1S/C18H16FNO3/c1-22-16-8-7-13(10-14(16)19)15(21)11-23-17-6-2-4-12-5-3-9-20-18(12)17/h2-10,15,21H,11H2,1H3. The van der Waals surface area contributed by atoms with Crippen LogP contribution in [0.3, 0.4) is 0 Å². The lowest BCUT2D eigenvalue weighted by Crippen LogP contribution is -2.10. The van der Waals surface area contributed by atoms with E-state index in [4.69, 9.17) is 9.47 Å². The molecule has 0 aliphatic heterocycles. The Morgan fingerprint density at radius 3 is 2.74 bits per heavy atom. The summed E-state index contributed by atoms with van der Waals surface area (Å²) in [5.74, 6) is 0.201. The van der Waals surface area contributed by atoms with Crippen LogP contribution in [0.5, 0.6) is 11.5 Å². The van der Waals surface area contributed by atoms with Crippen LogP contribution in [-0.4, -0.2) is 23.8 Å². The van der Waals surface area contributed by atoms with Crippen LogP contribution in [0.15, 0.2) is 54.7 Å². The molecular formula is C18H16FNO3. The molecule has 118 valence electrons. The summed E-state index contributed by atoms with van der Waals surface area (Å²) in [6, 6.07) is 13.7. The molecule has 5 heteroatoms. The van der Waals surface area contributed by atoms with Crippen molar-refractivity contribution in [3.63, 3.8) is 0 Å². The molecule has 1 N–H and O–H groups in total. The molecule has 1 aromatic heterocycles. The third-order valence-electron chi connectivity index (χ3n) is 3.55. The highest BCUT2D eigenvalue weighted by Crippen LogP contribution is 2.26. The summed E-state index contributed by atoms with van der Waals surface area (Å²) in [6.45, 7) is 0.00144. The van der Waals surface area contributed by atoms with Crippen LogP contribution in [0.2, 0.25) is 0 Å². The number of aromatic nitrogens is 1. The summed E-state index contributed by atoms with van der Waals surface area (Å²) >= 11 is 0. The largest absolute Gasteiger partial charge is 0.494 e. The van der Waals surface area contributed by atoms with Gasteiger partial charge in [-0.3, -0.25) is 4.98 Å². The summed E-state index contributed by atoms with van der Waals surface area (Å²) < 4.78 is 24.2. The number of methoxy groups -OCH3 is 1. The highest BCUT2D eigenvalue weighted by Gasteiger charge is 2.13. The number of ether oxygens (including phenoxy) is 2. The van der Waals surface area contributed by atoms with Crippen molar-refractivity contribution in [1.82, 2.24) is 4.98 Å². The molecule has 0 spiro atoms. The molecule has 0 saturated carbocycles. The van der Waals surface area contributed by atoms with Crippen molar-refractivity contribution in [2.75, 3.05) is 13.7 Å². The molecule has 3 rings (SSSR count). The van der Waals surface area contributed by atoms with Gasteiger partial charge in [-0.25, -0.2) is 4.39 Å². The molecule has 3 aromatic rings. The van der Waals surface area contributed by atoms with Crippen LogP contribution in [0.4, 0.5) is 4.39 Å². The molecule has 1 atom stereocenters. The fourth-order valence-corrected chi connectivity index (χ4v) is 2.35.